The van der Waals surface area contributed by atoms with E-state index >= 15 is 0 Å². The van der Waals surface area contributed by atoms with Crippen molar-refractivity contribution in [3.05, 3.63) is 58.6 Å². The number of nitrogens with zero attached hydrogens (tertiary/aromatic N) is 1. The summed E-state index contributed by atoms with van der Waals surface area (Å²) in [6.45, 7) is 0.372. The number of esters is 1. The fourth-order valence-electron chi connectivity index (χ4n) is 2.63. The second kappa shape index (κ2) is 5.86. The maximum atomic E-state index is 12.9. The van der Waals surface area contributed by atoms with Gasteiger partial charge in [0.05, 0.1) is 23.4 Å². The normalized spacial score (nSPS) is 13.7. The summed E-state index contributed by atoms with van der Waals surface area (Å²) in [4.78, 5) is 11.5. The summed E-state index contributed by atoms with van der Waals surface area (Å²) >= 11 is 6.11. The molecule has 0 radical (unpaired) electrons. The predicted molar refractivity (Wildman–Crippen MR) is 87.5 cm³/mol. The first-order valence-electron chi connectivity index (χ1n) is 6.93. The van der Waals surface area contributed by atoms with Gasteiger partial charge in [-0.05, 0) is 36.2 Å². The molecule has 1 heterocycles. The molecule has 120 valence electrons. The third-order valence-corrected chi connectivity index (χ3v) is 6.06. The van der Waals surface area contributed by atoms with Gasteiger partial charge in [-0.1, -0.05) is 29.8 Å². The van der Waals surface area contributed by atoms with Crippen LogP contribution in [0.25, 0.3) is 0 Å². The molecular formula is C16H14ClNO4S. The fourth-order valence-corrected chi connectivity index (χ4v) is 4.66. The molecule has 2 aromatic carbocycles. The van der Waals surface area contributed by atoms with Crippen LogP contribution in [0.5, 0.6) is 0 Å². The van der Waals surface area contributed by atoms with Crippen molar-refractivity contribution in [1.82, 2.24) is 0 Å². The van der Waals surface area contributed by atoms with E-state index < -0.39 is 16.0 Å². The first kappa shape index (κ1) is 15.8. The Kier molecular flexibility index (Phi) is 4.04. The van der Waals surface area contributed by atoms with Crippen LogP contribution in [0.1, 0.15) is 15.9 Å². The van der Waals surface area contributed by atoms with Crippen LogP contribution < -0.4 is 4.31 Å². The third kappa shape index (κ3) is 2.68. The average molecular weight is 352 g/mol. The van der Waals surface area contributed by atoms with Crippen LogP contribution in [0.3, 0.4) is 0 Å². The lowest BCUT2D eigenvalue weighted by Crippen LogP contribution is -2.29. The zero-order valence-electron chi connectivity index (χ0n) is 12.3. The lowest BCUT2D eigenvalue weighted by molar-refractivity contribution is 0.0600. The maximum absolute atomic E-state index is 12.9. The summed E-state index contributed by atoms with van der Waals surface area (Å²) in [6, 6.07) is 11.4. The van der Waals surface area contributed by atoms with E-state index in [4.69, 9.17) is 11.6 Å². The standard InChI is InChI=1S/C16H14ClNO4S/c1-22-16(19)12-6-7-15(13(17)10-12)23(20,21)18-9-8-11-4-2-3-5-14(11)18/h2-7,10H,8-9H2,1H3. The van der Waals surface area contributed by atoms with Crippen LogP contribution in [-0.4, -0.2) is 28.0 Å². The molecule has 0 amide bonds. The molecular weight excluding hydrogens is 338 g/mol. The molecule has 0 spiro atoms. The molecule has 0 bridgehead atoms. The van der Waals surface area contributed by atoms with Crippen molar-refractivity contribution in [2.75, 3.05) is 18.0 Å². The molecule has 0 aromatic heterocycles. The minimum atomic E-state index is -3.78. The van der Waals surface area contributed by atoms with Gasteiger partial charge in [-0.25, -0.2) is 13.2 Å². The minimum absolute atomic E-state index is 0.00252. The molecule has 0 unspecified atom stereocenters. The Hall–Kier alpha value is -2.05. The van der Waals surface area contributed by atoms with Gasteiger partial charge in [0, 0.05) is 6.54 Å². The fraction of sp³-hybridized carbons (Fsp3) is 0.188. The highest BCUT2D eigenvalue weighted by Gasteiger charge is 2.32. The zero-order chi connectivity index (χ0) is 16.6. The monoisotopic (exact) mass is 351 g/mol. The number of rotatable bonds is 3. The van der Waals surface area contributed by atoms with Crippen LogP contribution in [0.4, 0.5) is 5.69 Å². The van der Waals surface area contributed by atoms with E-state index in [0.717, 1.165) is 5.56 Å². The number of halogens is 1. The van der Waals surface area contributed by atoms with Gasteiger partial charge in [-0.3, -0.25) is 4.31 Å². The second-order valence-electron chi connectivity index (χ2n) is 5.09. The number of hydrogen-bond acceptors (Lipinski definition) is 4. The van der Waals surface area contributed by atoms with Gasteiger partial charge < -0.3 is 4.74 Å². The Morgan fingerprint density at radius 3 is 2.65 bits per heavy atom. The van der Waals surface area contributed by atoms with Crippen molar-refractivity contribution < 1.29 is 17.9 Å². The summed E-state index contributed by atoms with van der Waals surface area (Å²) in [5.41, 5.74) is 1.86. The number of para-hydroxylation sites is 1. The molecule has 23 heavy (non-hydrogen) atoms. The van der Waals surface area contributed by atoms with Gasteiger partial charge in [0.25, 0.3) is 10.0 Å². The number of carbonyl (C=O) groups is 1. The zero-order valence-corrected chi connectivity index (χ0v) is 13.9. The second-order valence-corrected chi connectivity index (χ2v) is 7.33. The largest absolute Gasteiger partial charge is 0.465 e. The van der Waals surface area contributed by atoms with E-state index in [1.54, 1.807) is 12.1 Å². The Bertz CT molecular complexity index is 879. The summed E-state index contributed by atoms with van der Waals surface area (Å²) < 4.78 is 31.7. The van der Waals surface area contributed by atoms with E-state index in [-0.39, 0.29) is 15.5 Å². The van der Waals surface area contributed by atoms with Gasteiger partial charge >= 0.3 is 5.97 Å². The van der Waals surface area contributed by atoms with Crippen molar-refractivity contribution in [1.29, 1.82) is 0 Å². The van der Waals surface area contributed by atoms with E-state index in [2.05, 4.69) is 4.74 Å². The number of hydrogen-bond donors (Lipinski definition) is 0. The van der Waals surface area contributed by atoms with Crippen molar-refractivity contribution in [2.24, 2.45) is 0 Å². The van der Waals surface area contributed by atoms with Crippen molar-refractivity contribution in [3.8, 4) is 0 Å². The number of ether oxygens (including phenoxy) is 1. The van der Waals surface area contributed by atoms with Gasteiger partial charge in [0.1, 0.15) is 4.90 Å². The van der Waals surface area contributed by atoms with E-state index in [9.17, 15) is 13.2 Å². The SMILES string of the molecule is COC(=O)c1ccc(S(=O)(=O)N2CCc3ccccc32)c(Cl)c1. The summed E-state index contributed by atoms with van der Waals surface area (Å²) in [7, 11) is -2.53. The number of sulfonamides is 1. The van der Waals surface area contributed by atoms with Crippen molar-refractivity contribution >= 4 is 33.3 Å². The number of fused-ring (bicyclic) bond motifs is 1. The Balaban J connectivity index is 2.03. The Morgan fingerprint density at radius 1 is 1.22 bits per heavy atom. The molecule has 0 saturated carbocycles. The molecule has 0 saturated heterocycles. The van der Waals surface area contributed by atoms with Crippen LogP contribution in [0.15, 0.2) is 47.4 Å². The molecule has 1 aliphatic rings. The highest BCUT2D eigenvalue weighted by atomic mass is 35.5. The van der Waals surface area contributed by atoms with Crippen molar-refractivity contribution in [3.63, 3.8) is 0 Å². The number of carbonyl (C=O) groups excluding carboxylic acids is 1. The number of anilines is 1. The smallest absolute Gasteiger partial charge is 0.337 e. The molecule has 0 N–H and O–H groups in total. The summed E-state index contributed by atoms with van der Waals surface area (Å²) in [6.07, 6.45) is 0.660. The number of methoxy groups -OCH3 is 1. The quantitative estimate of drug-likeness (QED) is 0.798. The van der Waals surface area contributed by atoms with Gasteiger partial charge in [0.2, 0.25) is 0 Å². The first-order valence-corrected chi connectivity index (χ1v) is 8.75. The molecule has 5 nitrogen and oxygen atoms in total. The molecule has 0 atom stereocenters. The van der Waals surface area contributed by atoms with Crippen LogP contribution in [0, 0.1) is 0 Å². The summed E-state index contributed by atoms with van der Waals surface area (Å²) in [5.74, 6) is -0.567. The van der Waals surface area contributed by atoms with Gasteiger partial charge in [0.15, 0.2) is 0 Å². The summed E-state index contributed by atoms with van der Waals surface area (Å²) in [5, 5.41) is -0.00252. The first-order chi connectivity index (χ1) is 10.9. The molecule has 0 aliphatic carbocycles. The van der Waals surface area contributed by atoms with E-state index in [1.807, 2.05) is 12.1 Å². The van der Waals surface area contributed by atoms with Crippen molar-refractivity contribution in [2.45, 2.75) is 11.3 Å². The third-order valence-electron chi connectivity index (χ3n) is 3.77. The highest BCUT2D eigenvalue weighted by Crippen LogP contribution is 2.35. The highest BCUT2D eigenvalue weighted by molar-refractivity contribution is 7.93. The number of benzene rings is 2. The Labute approximate surface area is 139 Å². The van der Waals surface area contributed by atoms with Gasteiger partial charge in [-0.2, -0.15) is 0 Å². The average Bonchev–Trinajstić information content (AvgIpc) is 2.98. The Morgan fingerprint density at radius 2 is 1.96 bits per heavy atom. The lowest BCUT2D eigenvalue weighted by atomic mass is 10.2. The van der Waals surface area contributed by atoms with E-state index in [1.165, 1.54) is 29.6 Å². The maximum Gasteiger partial charge on any atom is 0.337 e. The molecule has 0 fully saturated rings. The minimum Gasteiger partial charge on any atom is -0.465 e. The van der Waals surface area contributed by atoms with Crippen LogP contribution >= 0.6 is 11.6 Å². The lowest BCUT2D eigenvalue weighted by Gasteiger charge is -2.20. The topological polar surface area (TPSA) is 63.7 Å². The molecule has 3 rings (SSSR count). The van der Waals surface area contributed by atoms with Crippen LogP contribution in [-0.2, 0) is 21.2 Å². The molecule has 7 heteroatoms. The van der Waals surface area contributed by atoms with E-state index in [0.29, 0.717) is 18.7 Å². The van der Waals surface area contributed by atoms with Gasteiger partial charge in [-0.15, -0.1) is 0 Å². The molecule has 2 aromatic rings. The molecule has 1 aliphatic heterocycles. The van der Waals surface area contributed by atoms with Crippen LogP contribution in [0.2, 0.25) is 5.02 Å². The predicted octanol–water partition coefficient (Wildman–Crippen LogP) is 2.88.